The smallest absolute Gasteiger partial charge is 0.416 e. The standard InChI is InChI=1S/C36H41ClF3N3O5/c1-7-11-12-13-27(20-21-41-25(6)44)24(5)22-31(42-33(45)28-15-17-29(18-16-28)36(38,39)40)34(46)43(10-4)32(35(47)48)23-26(8-2)14-19-30(37)9-3/h8,10-12,14-20,22,32H,2,4-5,7,9,13,21,23H2,1,3,6H3,(H,41,44)(H,42,45)(H,47,48)/b12-11-,26-14+,27-20+,30-19+,31-22+. The van der Waals surface area contributed by atoms with Crippen molar-refractivity contribution in [1.82, 2.24) is 15.5 Å². The number of carboxylic acids is 1. The normalized spacial score (nSPS) is 13.5. The van der Waals surface area contributed by atoms with Crippen molar-refractivity contribution >= 4 is 35.3 Å². The summed E-state index contributed by atoms with van der Waals surface area (Å²) in [5, 5.41) is 15.7. The van der Waals surface area contributed by atoms with E-state index in [2.05, 4.69) is 30.4 Å². The second-order valence-electron chi connectivity index (χ2n) is 10.2. The predicted molar refractivity (Wildman–Crippen MR) is 183 cm³/mol. The van der Waals surface area contributed by atoms with Gasteiger partial charge < -0.3 is 15.7 Å². The van der Waals surface area contributed by atoms with E-state index in [-0.39, 0.29) is 30.0 Å². The fourth-order valence-electron chi connectivity index (χ4n) is 4.02. The van der Waals surface area contributed by atoms with Crippen molar-refractivity contribution in [3.63, 3.8) is 0 Å². The van der Waals surface area contributed by atoms with Crippen LogP contribution in [0.2, 0.25) is 0 Å². The first kappa shape index (κ1) is 41.1. The summed E-state index contributed by atoms with van der Waals surface area (Å²) in [6.45, 7) is 16.6. The van der Waals surface area contributed by atoms with Crippen LogP contribution in [0.3, 0.4) is 0 Å². The highest BCUT2D eigenvalue weighted by Crippen LogP contribution is 2.29. The van der Waals surface area contributed by atoms with E-state index in [4.69, 9.17) is 11.6 Å². The molecule has 48 heavy (non-hydrogen) atoms. The summed E-state index contributed by atoms with van der Waals surface area (Å²) in [6.07, 6.45) is 8.96. The molecule has 1 unspecified atom stereocenters. The van der Waals surface area contributed by atoms with Gasteiger partial charge in [-0.05, 0) is 72.4 Å². The van der Waals surface area contributed by atoms with Crippen molar-refractivity contribution < 1.29 is 37.5 Å². The number of nitrogens with zero attached hydrogens (tertiary/aromatic N) is 1. The monoisotopic (exact) mass is 687 g/mol. The van der Waals surface area contributed by atoms with Gasteiger partial charge >= 0.3 is 12.1 Å². The molecular weight excluding hydrogens is 647 g/mol. The zero-order valence-electron chi connectivity index (χ0n) is 27.2. The first-order valence-electron chi connectivity index (χ1n) is 14.9. The Bertz CT molecular complexity index is 1520. The van der Waals surface area contributed by atoms with Gasteiger partial charge in [0.2, 0.25) is 5.91 Å². The zero-order valence-corrected chi connectivity index (χ0v) is 28.0. The quantitative estimate of drug-likeness (QED) is 0.0829. The third-order valence-electron chi connectivity index (χ3n) is 6.68. The van der Waals surface area contributed by atoms with Crippen LogP contribution >= 0.6 is 11.6 Å². The van der Waals surface area contributed by atoms with Gasteiger partial charge in [-0.3, -0.25) is 19.3 Å². The molecule has 1 atom stereocenters. The lowest BCUT2D eigenvalue weighted by atomic mass is 10.0. The molecule has 0 spiro atoms. The Labute approximate surface area is 284 Å². The first-order valence-corrected chi connectivity index (χ1v) is 15.3. The molecule has 0 radical (unpaired) electrons. The van der Waals surface area contributed by atoms with Crippen LogP contribution in [0.4, 0.5) is 13.2 Å². The van der Waals surface area contributed by atoms with E-state index in [1.807, 2.05) is 26.0 Å². The number of carbonyl (C=O) groups excluding carboxylic acids is 3. The molecule has 3 amide bonds. The molecule has 12 heteroatoms. The molecule has 0 aliphatic carbocycles. The van der Waals surface area contributed by atoms with Gasteiger partial charge in [-0.25, -0.2) is 4.79 Å². The van der Waals surface area contributed by atoms with Crippen molar-refractivity contribution in [3.8, 4) is 0 Å². The van der Waals surface area contributed by atoms with Gasteiger partial charge in [0.05, 0.1) is 5.56 Å². The highest BCUT2D eigenvalue weighted by molar-refractivity contribution is 6.29. The van der Waals surface area contributed by atoms with Crippen LogP contribution in [0.25, 0.3) is 0 Å². The molecule has 0 fully saturated rings. The minimum Gasteiger partial charge on any atom is -0.480 e. The summed E-state index contributed by atoms with van der Waals surface area (Å²) in [5.41, 5.74) is -0.368. The summed E-state index contributed by atoms with van der Waals surface area (Å²) in [7, 11) is 0. The zero-order chi connectivity index (χ0) is 36.4. The number of nitrogens with one attached hydrogen (secondary N) is 2. The number of hydrogen-bond donors (Lipinski definition) is 3. The van der Waals surface area contributed by atoms with Gasteiger partial charge in [0.1, 0.15) is 11.7 Å². The first-order chi connectivity index (χ1) is 22.6. The number of aliphatic carboxylic acids is 1. The van der Waals surface area contributed by atoms with Gasteiger partial charge in [-0.1, -0.05) is 75.6 Å². The van der Waals surface area contributed by atoms with E-state index in [9.17, 15) is 37.5 Å². The molecule has 0 aromatic heterocycles. The van der Waals surface area contributed by atoms with Crippen LogP contribution in [0.15, 0.2) is 120 Å². The van der Waals surface area contributed by atoms with Crippen molar-refractivity contribution in [2.45, 2.75) is 58.7 Å². The van der Waals surface area contributed by atoms with E-state index in [1.165, 1.54) is 19.1 Å². The summed E-state index contributed by atoms with van der Waals surface area (Å²) < 4.78 is 39.3. The number of carbonyl (C=O) groups is 4. The fourth-order valence-corrected chi connectivity index (χ4v) is 4.08. The van der Waals surface area contributed by atoms with Crippen LogP contribution < -0.4 is 10.6 Å². The Morgan fingerprint density at radius 2 is 1.71 bits per heavy atom. The largest absolute Gasteiger partial charge is 0.480 e. The molecular formula is C36H41ClF3N3O5. The van der Waals surface area contributed by atoms with Crippen molar-refractivity contribution in [1.29, 1.82) is 0 Å². The summed E-state index contributed by atoms with van der Waals surface area (Å²) >= 11 is 6.08. The minimum absolute atomic E-state index is 0.131. The molecule has 0 bridgehead atoms. The van der Waals surface area contributed by atoms with Gasteiger partial charge in [0.25, 0.3) is 11.8 Å². The summed E-state index contributed by atoms with van der Waals surface area (Å²) in [6, 6.07) is 1.83. The third kappa shape index (κ3) is 13.8. The topological polar surface area (TPSA) is 116 Å². The van der Waals surface area contributed by atoms with E-state index in [1.54, 1.807) is 18.2 Å². The maximum atomic E-state index is 14.0. The lowest BCUT2D eigenvalue weighted by molar-refractivity contribution is -0.146. The van der Waals surface area contributed by atoms with Crippen LogP contribution in [0.5, 0.6) is 0 Å². The Balaban J connectivity index is 3.73. The van der Waals surface area contributed by atoms with Gasteiger partial charge in [-0.2, -0.15) is 13.2 Å². The summed E-state index contributed by atoms with van der Waals surface area (Å²) in [4.78, 5) is 52.0. The van der Waals surface area contributed by atoms with E-state index in [0.717, 1.165) is 41.8 Å². The Kier molecular flexibility index (Phi) is 17.4. The molecule has 0 aliphatic heterocycles. The fraction of sp³-hybridized carbons (Fsp3) is 0.278. The second kappa shape index (κ2) is 20.4. The number of halogens is 4. The lowest BCUT2D eigenvalue weighted by Crippen LogP contribution is -2.45. The Morgan fingerprint density at radius 3 is 2.21 bits per heavy atom. The average Bonchev–Trinajstić information content (AvgIpc) is 3.04. The molecule has 0 saturated heterocycles. The van der Waals surface area contributed by atoms with Gasteiger partial charge in [-0.15, -0.1) is 0 Å². The highest BCUT2D eigenvalue weighted by atomic mass is 35.5. The number of hydrogen-bond acceptors (Lipinski definition) is 4. The van der Waals surface area contributed by atoms with Crippen molar-refractivity contribution in [3.05, 3.63) is 131 Å². The predicted octanol–water partition coefficient (Wildman–Crippen LogP) is 7.75. The summed E-state index contributed by atoms with van der Waals surface area (Å²) in [5.74, 6) is -3.60. The second-order valence-corrected chi connectivity index (χ2v) is 10.7. The van der Waals surface area contributed by atoms with Crippen LogP contribution in [-0.4, -0.2) is 46.3 Å². The number of alkyl halides is 3. The van der Waals surface area contributed by atoms with Crippen LogP contribution in [-0.2, 0) is 20.6 Å². The van der Waals surface area contributed by atoms with Crippen LogP contribution in [0.1, 0.15) is 62.4 Å². The molecule has 0 heterocycles. The number of amides is 3. The third-order valence-corrected chi connectivity index (χ3v) is 7.08. The maximum absolute atomic E-state index is 14.0. The van der Waals surface area contributed by atoms with E-state index in [0.29, 0.717) is 29.0 Å². The molecule has 258 valence electrons. The molecule has 1 aromatic rings. The number of rotatable bonds is 18. The SMILES string of the molecule is C=C/C(=C\C=C(\Cl)CC)CC(C(=O)O)N(C=C)C(=O)/C(=C\C(=C)/C(=C/CNC(C)=O)C/C=C\CC)NC(=O)c1ccc(C(F)(F)F)cc1. The van der Waals surface area contributed by atoms with Crippen LogP contribution in [0, 0.1) is 0 Å². The Hall–Kier alpha value is -4.90. The minimum atomic E-state index is -4.63. The van der Waals surface area contributed by atoms with Crippen molar-refractivity contribution in [2.24, 2.45) is 0 Å². The average molecular weight is 688 g/mol. The number of allylic oxidation sites excluding steroid dienone is 9. The van der Waals surface area contributed by atoms with E-state index < -0.39 is 41.3 Å². The van der Waals surface area contributed by atoms with Gasteiger partial charge in [0, 0.05) is 36.7 Å². The highest BCUT2D eigenvalue weighted by Gasteiger charge is 2.32. The van der Waals surface area contributed by atoms with Crippen molar-refractivity contribution in [2.75, 3.05) is 6.54 Å². The molecule has 0 saturated carbocycles. The molecule has 1 aromatic carbocycles. The molecule has 3 N–H and O–H groups in total. The lowest BCUT2D eigenvalue weighted by Gasteiger charge is -2.27. The Morgan fingerprint density at radius 1 is 1.06 bits per heavy atom. The number of carboxylic acid groups (broad SMARTS) is 1. The molecule has 0 aliphatic rings. The van der Waals surface area contributed by atoms with E-state index >= 15 is 0 Å². The van der Waals surface area contributed by atoms with Gasteiger partial charge in [0.15, 0.2) is 0 Å². The maximum Gasteiger partial charge on any atom is 0.416 e. The number of benzene rings is 1. The molecule has 1 rings (SSSR count). The molecule has 8 nitrogen and oxygen atoms in total.